The predicted molar refractivity (Wildman–Crippen MR) is 55.9 cm³/mol. The van der Waals surface area contributed by atoms with Gasteiger partial charge in [-0.1, -0.05) is 31.8 Å². The molecular weight excluding hydrogens is 183 g/mol. The average Bonchev–Trinajstić information content (AvgIpc) is 2.02. The summed E-state index contributed by atoms with van der Waals surface area (Å²) in [6.07, 6.45) is 0. The minimum absolute atomic E-state index is 0.191. The maximum absolute atomic E-state index is 13.7. The molecule has 0 bridgehead atoms. The average molecular weight is 198 g/mol. The van der Waals surface area contributed by atoms with Gasteiger partial charge < -0.3 is 4.74 Å². The number of hydrogen-bond acceptors (Lipinski definition) is 1. The Morgan fingerprint density at radius 3 is 2.31 bits per heavy atom. The molecule has 0 aliphatic carbocycles. The number of ether oxygens (including phenoxy) is 1. The van der Waals surface area contributed by atoms with Crippen molar-refractivity contribution in [2.24, 2.45) is 0 Å². The van der Waals surface area contributed by atoms with E-state index in [2.05, 4.69) is 19.6 Å². The van der Waals surface area contributed by atoms with Gasteiger partial charge in [0.05, 0.1) is 15.2 Å². The fourth-order valence-corrected chi connectivity index (χ4v) is 2.63. The van der Waals surface area contributed by atoms with Crippen molar-refractivity contribution in [2.75, 3.05) is 7.11 Å². The quantitative estimate of drug-likeness (QED) is 0.663. The van der Waals surface area contributed by atoms with Crippen LogP contribution in [-0.2, 0) is 0 Å². The van der Waals surface area contributed by atoms with Gasteiger partial charge in [0, 0.05) is 0 Å². The molecule has 0 atom stereocenters. The van der Waals surface area contributed by atoms with Crippen LogP contribution in [0.15, 0.2) is 18.2 Å². The molecule has 0 aliphatic rings. The molecule has 1 nitrogen and oxygen atoms in total. The molecule has 0 heterocycles. The minimum Gasteiger partial charge on any atom is -0.494 e. The molecule has 0 unspecified atom stereocenters. The number of rotatable bonds is 2. The van der Waals surface area contributed by atoms with Crippen LogP contribution in [0.1, 0.15) is 0 Å². The summed E-state index contributed by atoms with van der Waals surface area (Å²) in [5.41, 5.74) is 0. The molecule has 1 aromatic rings. The highest BCUT2D eigenvalue weighted by Gasteiger charge is 2.22. The molecule has 0 N–H and O–H groups in total. The van der Waals surface area contributed by atoms with Gasteiger partial charge >= 0.3 is 0 Å². The second-order valence-corrected chi connectivity index (χ2v) is 9.11. The first-order valence-corrected chi connectivity index (χ1v) is 7.80. The van der Waals surface area contributed by atoms with E-state index in [0.717, 1.165) is 5.19 Å². The van der Waals surface area contributed by atoms with Gasteiger partial charge in [0.25, 0.3) is 0 Å². The van der Waals surface area contributed by atoms with Crippen molar-refractivity contribution in [3.05, 3.63) is 24.0 Å². The topological polar surface area (TPSA) is 9.23 Å². The summed E-state index contributed by atoms with van der Waals surface area (Å²) in [5, 5.41) is 0.826. The Morgan fingerprint density at radius 1 is 1.23 bits per heavy atom. The Balaban J connectivity index is 3.24. The summed E-state index contributed by atoms with van der Waals surface area (Å²) in [4.78, 5) is 0. The van der Waals surface area contributed by atoms with Crippen molar-refractivity contribution >= 4 is 13.3 Å². The van der Waals surface area contributed by atoms with E-state index >= 15 is 0 Å². The lowest BCUT2D eigenvalue weighted by atomic mass is 10.3. The highest BCUT2D eigenvalue weighted by Crippen LogP contribution is 2.16. The normalized spacial score (nSPS) is 11.5. The Bertz CT molecular complexity index is 304. The summed E-state index contributed by atoms with van der Waals surface area (Å²) >= 11 is 0. The van der Waals surface area contributed by atoms with Crippen LogP contribution in [0.4, 0.5) is 4.39 Å². The zero-order chi connectivity index (χ0) is 10.1. The SMILES string of the molecule is COc1cccc([Si](C)(C)C)c1F. The zero-order valence-electron chi connectivity index (χ0n) is 8.52. The van der Waals surface area contributed by atoms with Gasteiger partial charge in [-0.25, -0.2) is 4.39 Å². The number of methoxy groups -OCH3 is 1. The summed E-state index contributed by atoms with van der Waals surface area (Å²) in [6.45, 7) is 6.35. The summed E-state index contributed by atoms with van der Waals surface area (Å²) in [6, 6.07) is 5.35. The summed E-state index contributed by atoms with van der Waals surface area (Å²) < 4.78 is 18.6. The standard InChI is InChI=1S/C10H15FOSi/c1-12-8-6-5-7-9(10(8)11)13(2,3)4/h5-7H,1-4H3. The summed E-state index contributed by atoms with van der Waals surface area (Å²) in [7, 11) is -0.0881. The Hall–Kier alpha value is -0.833. The van der Waals surface area contributed by atoms with E-state index in [-0.39, 0.29) is 5.82 Å². The van der Waals surface area contributed by atoms with Crippen LogP contribution in [0.5, 0.6) is 5.75 Å². The molecular formula is C10H15FOSi. The van der Waals surface area contributed by atoms with Gasteiger partial charge in [0.2, 0.25) is 0 Å². The molecule has 0 spiro atoms. The highest BCUT2D eigenvalue weighted by atomic mass is 28.3. The maximum Gasteiger partial charge on any atom is 0.164 e. The van der Waals surface area contributed by atoms with Gasteiger partial charge in [-0.2, -0.15) is 0 Å². The Kier molecular flexibility index (Phi) is 2.76. The van der Waals surface area contributed by atoms with Gasteiger partial charge in [-0.3, -0.25) is 0 Å². The molecule has 0 fully saturated rings. The molecule has 72 valence electrons. The van der Waals surface area contributed by atoms with Gasteiger partial charge in [0.1, 0.15) is 0 Å². The second-order valence-electron chi connectivity index (χ2n) is 4.07. The van der Waals surface area contributed by atoms with Crippen molar-refractivity contribution in [1.82, 2.24) is 0 Å². The van der Waals surface area contributed by atoms with Crippen molar-refractivity contribution < 1.29 is 9.13 Å². The fourth-order valence-electron chi connectivity index (χ4n) is 1.25. The molecule has 0 saturated heterocycles. The lowest BCUT2D eigenvalue weighted by molar-refractivity contribution is 0.388. The molecule has 3 heteroatoms. The van der Waals surface area contributed by atoms with Crippen LogP contribution in [-0.4, -0.2) is 15.2 Å². The number of halogens is 1. The lowest BCUT2D eigenvalue weighted by Crippen LogP contribution is -2.40. The maximum atomic E-state index is 13.7. The van der Waals surface area contributed by atoms with E-state index in [4.69, 9.17) is 4.74 Å². The van der Waals surface area contributed by atoms with Gasteiger partial charge in [-0.15, -0.1) is 0 Å². The predicted octanol–water partition coefficient (Wildman–Crippen LogP) is 2.38. The number of hydrogen-bond donors (Lipinski definition) is 0. The van der Waals surface area contributed by atoms with E-state index in [0.29, 0.717) is 5.75 Å². The van der Waals surface area contributed by atoms with Crippen molar-refractivity contribution in [3.63, 3.8) is 0 Å². The first-order valence-electron chi connectivity index (χ1n) is 4.30. The third-order valence-electron chi connectivity index (χ3n) is 1.99. The van der Waals surface area contributed by atoms with Crippen LogP contribution in [0, 0.1) is 5.82 Å². The van der Waals surface area contributed by atoms with E-state index in [1.807, 2.05) is 12.1 Å². The van der Waals surface area contributed by atoms with E-state index in [1.165, 1.54) is 7.11 Å². The highest BCUT2D eigenvalue weighted by molar-refractivity contribution is 6.88. The molecule has 0 aromatic heterocycles. The fraction of sp³-hybridized carbons (Fsp3) is 0.400. The Labute approximate surface area is 79.6 Å². The third kappa shape index (κ3) is 2.09. The smallest absolute Gasteiger partial charge is 0.164 e. The largest absolute Gasteiger partial charge is 0.494 e. The summed E-state index contributed by atoms with van der Waals surface area (Å²) in [5.74, 6) is 0.157. The van der Waals surface area contributed by atoms with Crippen molar-refractivity contribution in [2.45, 2.75) is 19.6 Å². The molecule has 1 rings (SSSR count). The van der Waals surface area contributed by atoms with Gasteiger partial charge in [-0.05, 0) is 11.3 Å². The van der Waals surface area contributed by atoms with Crippen molar-refractivity contribution in [3.8, 4) is 5.75 Å². The minimum atomic E-state index is -1.58. The van der Waals surface area contributed by atoms with Crippen LogP contribution < -0.4 is 9.92 Å². The first kappa shape index (κ1) is 10.2. The first-order chi connectivity index (χ1) is 5.96. The van der Waals surface area contributed by atoms with Crippen LogP contribution >= 0.6 is 0 Å². The molecule has 0 saturated carbocycles. The van der Waals surface area contributed by atoms with E-state index < -0.39 is 8.07 Å². The molecule has 0 radical (unpaired) electrons. The molecule has 1 aromatic carbocycles. The van der Waals surface area contributed by atoms with Crippen LogP contribution in [0.25, 0.3) is 0 Å². The lowest BCUT2D eigenvalue weighted by Gasteiger charge is -2.18. The third-order valence-corrected chi connectivity index (χ3v) is 3.99. The van der Waals surface area contributed by atoms with Crippen molar-refractivity contribution in [1.29, 1.82) is 0 Å². The van der Waals surface area contributed by atoms with E-state index in [9.17, 15) is 4.39 Å². The molecule has 0 aliphatic heterocycles. The molecule has 13 heavy (non-hydrogen) atoms. The second kappa shape index (κ2) is 3.50. The number of benzene rings is 1. The molecule has 0 amide bonds. The van der Waals surface area contributed by atoms with Crippen LogP contribution in [0.3, 0.4) is 0 Å². The van der Waals surface area contributed by atoms with Crippen LogP contribution in [0.2, 0.25) is 19.6 Å². The van der Waals surface area contributed by atoms with Gasteiger partial charge in [0.15, 0.2) is 11.6 Å². The Morgan fingerprint density at radius 2 is 1.85 bits per heavy atom. The zero-order valence-corrected chi connectivity index (χ0v) is 9.52. The van der Waals surface area contributed by atoms with E-state index in [1.54, 1.807) is 6.07 Å². The monoisotopic (exact) mass is 198 g/mol.